The predicted molar refractivity (Wildman–Crippen MR) is 107 cm³/mol. The van der Waals surface area contributed by atoms with E-state index in [1.807, 2.05) is 30.3 Å². The molecule has 6 nitrogen and oxygen atoms in total. The molecule has 6 heteroatoms. The minimum Gasteiger partial charge on any atom is -0.462 e. The second-order valence-electron chi connectivity index (χ2n) is 7.23. The van der Waals surface area contributed by atoms with E-state index in [1.54, 1.807) is 27.7 Å². The van der Waals surface area contributed by atoms with Gasteiger partial charge in [0.25, 0.3) is 0 Å². The molecule has 0 aromatic heterocycles. The molecule has 1 N–H and O–H groups in total. The van der Waals surface area contributed by atoms with Gasteiger partial charge in [-0.2, -0.15) is 0 Å². The van der Waals surface area contributed by atoms with Crippen molar-refractivity contribution in [1.82, 2.24) is 5.32 Å². The Bertz CT molecular complexity index is 727. The Morgan fingerprint density at radius 3 is 2.32 bits per heavy atom. The number of amides is 1. The van der Waals surface area contributed by atoms with Crippen LogP contribution in [0.2, 0.25) is 0 Å². The molecule has 0 saturated heterocycles. The number of alkyl carbamates (subject to hydrolysis) is 1. The fourth-order valence-electron chi connectivity index (χ4n) is 2.45. The first kappa shape index (κ1) is 23.2. The molecule has 1 amide bonds. The molecule has 0 unspecified atom stereocenters. The molecule has 0 aliphatic rings. The number of ether oxygens (including phenoxy) is 2. The molecule has 152 valence electrons. The highest BCUT2D eigenvalue weighted by Crippen LogP contribution is 2.13. The van der Waals surface area contributed by atoms with E-state index in [0.717, 1.165) is 5.56 Å². The zero-order valence-corrected chi connectivity index (χ0v) is 17.0. The topological polar surface area (TPSA) is 81.7 Å². The van der Waals surface area contributed by atoms with Gasteiger partial charge >= 0.3 is 12.1 Å². The zero-order chi connectivity index (χ0) is 21.2. The lowest BCUT2D eigenvalue weighted by molar-refractivity contribution is -0.138. The van der Waals surface area contributed by atoms with Crippen molar-refractivity contribution in [3.05, 3.63) is 53.8 Å². The van der Waals surface area contributed by atoms with Gasteiger partial charge in [-0.1, -0.05) is 36.9 Å². The predicted octanol–water partition coefficient (Wildman–Crippen LogP) is 3.75. The Hall–Kier alpha value is -2.85. The van der Waals surface area contributed by atoms with Crippen LogP contribution in [-0.2, 0) is 25.5 Å². The monoisotopic (exact) mass is 387 g/mol. The largest absolute Gasteiger partial charge is 0.462 e. The molecule has 0 heterocycles. The number of Topliss-reactive ketones (excluding diaryl/α,β-unsaturated/α-hetero) is 1. The summed E-state index contributed by atoms with van der Waals surface area (Å²) in [6.07, 6.45) is -0.149. The number of nitrogens with one attached hydrogen (secondary N) is 1. The lowest BCUT2D eigenvalue weighted by Crippen LogP contribution is -2.44. The molecule has 0 aliphatic carbocycles. The van der Waals surface area contributed by atoms with Gasteiger partial charge in [0, 0.05) is 6.42 Å². The maximum atomic E-state index is 12.8. The van der Waals surface area contributed by atoms with E-state index in [1.165, 1.54) is 0 Å². The molecule has 0 spiro atoms. The number of hydrogen-bond acceptors (Lipinski definition) is 5. The number of hydrogen-bond donors (Lipinski definition) is 1. The maximum Gasteiger partial charge on any atom is 0.408 e. The zero-order valence-electron chi connectivity index (χ0n) is 17.0. The van der Waals surface area contributed by atoms with Gasteiger partial charge in [0.2, 0.25) is 0 Å². The number of esters is 1. The van der Waals surface area contributed by atoms with E-state index < -0.39 is 23.7 Å². The highest BCUT2D eigenvalue weighted by molar-refractivity contribution is 5.91. The Morgan fingerprint density at radius 1 is 1.14 bits per heavy atom. The van der Waals surface area contributed by atoms with E-state index >= 15 is 0 Å². The van der Waals surface area contributed by atoms with Gasteiger partial charge in [-0.15, -0.1) is 5.73 Å². The van der Waals surface area contributed by atoms with Gasteiger partial charge in [0.15, 0.2) is 5.78 Å². The van der Waals surface area contributed by atoms with Crippen LogP contribution in [0.25, 0.3) is 0 Å². The maximum absolute atomic E-state index is 12.8. The molecular formula is C22H29NO5. The van der Waals surface area contributed by atoms with Crippen molar-refractivity contribution in [2.24, 2.45) is 0 Å². The SMILES string of the molecule is C=C=C(CCC(=O)[C@H](Cc1ccccc1)NC(=O)OC(C)(C)C)C(=O)OCC. The molecule has 1 aromatic rings. The molecule has 0 bridgehead atoms. The highest BCUT2D eigenvalue weighted by Gasteiger charge is 2.25. The first-order valence-corrected chi connectivity index (χ1v) is 9.28. The number of carbonyl (C=O) groups is 3. The van der Waals surface area contributed by atoms with Gasteiger partial charge < -0.3 is 14.8 Å². The van der Waals surface area contributed by atoms with Crippen LogP contribution >= 0.6 is 0 Å². The van der Waals surface area contributed by atoms with Gasteiger partial charge in [0.05, 0.1) is 18.2 Å². The summed E-state index contributed by atoms with van der Waals surface area (Å²) in [5.74, 6) is -0.753. The second kappa shape index (κ2) is 11.1. The summed E-state index contributed by atoms with van der Waals surface area (Å²) in [7, 11) is 0. The van der Waals surface area contributed by atoms with Crippen LogP contribution < -0.4 is 5.32 Å². The Labute approximate surface area is 166 Å². The third-order valence-corrected chi connectivity index (χ3v) is 3.72. The van der Waals surface area contributed by atoms with Crippen molar-refractivity contribution < 1.29 is 23.9 Å². The summed E-state index contributed by atoms with van der Waals surface area (Å²) in [5, 5.41) is 2.65. The van der Waals surface area contributed by atoms with E-state index in [4.69, 9.17) is 9.47 Å². The van der Waals surface area contributed by atoms with Gasteiger partial charge in [0.1, 0.15) is 5.60 Å². The van der Waals surface area contributed by atoms with Crippen molar-refractivity contribution in [3.8, 4) is 0 Å². The molecule has 0 fully saturated rings. The minimum absolute atomic E-state index is 0.0456. The normalized spacial score (nSPS) is 11.7. The van der Waals surface area contributed by atoms with Crippen LogP contribution in [0.4, 0.5) is 4.79 Å². The lowest BCUT2D eigenvalue weighted by Gasteiger charge is -2.23. The van der Waals surface area contributed by atoms with E-state index in [-0.39, 0.29) is 30.8 Å². The molecule has 28 heavy (non-hydrogen) atoms. The third-order valence-electron chi connectivity index (χ3n) is 3.72. The quantitative estimate of drug-likeness (QED) is 0.396. The standard InChI is InChI=1S/C22H29NO5/c1-6-17(20(25)27-7-2)13-14-19(24)18(15-16-11-9-8-10-12-16)23-21(26)28-22(3,4)5/h8-12,18H,1,7,13-15H2,2-5H3,(H,23,26)/t18-/m0/s1. The van der Waals surface area contributed by atoms with Crippen molar-refractivity contribution in [2.75, 3.05) is 6.61 Å². The summed E-state index contributed by atoms with van der Waals surface area (Å²) in [5.41, 5.74) is 2.98. The van der Waals surface area contributed by atoms with Crippen LogP contribution in [0.5, 0.6) is 0 Å². The lowest BCUT2D eigenvalue weighted by atomic mass is 9.98. The van der Waals surface area contributed by atoms with Crippen molar-refractivity contribution in [2.45, 2.75) is 58.6 Å². The summed E-state index contributed by atoms with van der Waals surface area (Å²) < 4.78 is 10.2. The molecule has 1 atom stereocenters. The fourth-order valence-corrected chi connectivity index (χ4v) is 2.45. The summed E-state index contributed by atoms with van der Waals surface area (Å²) in [6, 6.07) is 8.59. The van der Waals surface area contributed by atoms with E-state index in [9.17, 15) is 14.4 Å². The van der Waals surface area contributed by atoms with Crippen molar-refractivity contribution in [1.29, 1.82) is 0 Å². The van der Waals surface area contributed by atoms with Crippen molar-refractivity contribution in [3.63, 3.8) is 0 Å². The van der Waals surface area contributed by atoms with Gasteiger partial charge in [-0.05, 0) is 46.1 Å². The molecule has 0 aliphatic heterocycles. The average Bonchev–Trinajstić information content (AvgIpc) is 2.61. The van der Waals surface area contributed by atoms with E-state index in [2.05, 4.69) is 17.6 Å². The summed E-state index contributed by atoms with van der Waals surface area (Å²) in [6.45, 7) is 10.7. The average molecular weight is 387 g/mol. The molecule has 1 aromatic carbocycles. The molecule has 1 rings (SSSR count). The smallest absolute Gasteiger partial charge is 0.408 e. The Morgan fingerprint density at radius 2 is 1.79 bits per heavy atom. The summed E-state index contributed by atoms with van der Waals surface area (Å²) >= 11 is 0. The molecule has 0 saturated carbocycles. The molecular weight excluding hydrogens is 358 g/mol. The fraction of sp³-hybridized carbons (Fsp3) is 0.455. The number of benzene rings is 1. The second-order valence-corrected chi connectivity index (χ2v) is 7.23. The number of rotatable bonds is 9. The van der Waals surface area contributed by atoms with Crippen molar-refractivity contribution >= 4 is 17.8 Å². The van der Waals surface area contributed by atoms with Gasteiger partial charge in [-0.25, -0.2) is 9.59 Å². The first-order valence-electron chi connectivity index (χ1n) is 9.28. The first-order chi connectivity index (χ1) is 13.2. The minimum atomic E-state index is -0.773. The van der Waals surface area contributed by atoms with E-state index in [0.29, 0.717) is 6.42 Å². The Kier molecular flexibility index (Phi) is 9.19. The van der Waals surface area contributed by atoms with Crippen LogP contribution in [0.1, 0.15) is 46.1 Å². The van der Waals surface area contributed by atoms with Crippen LogP contribution in [0.15, 0.2) is 48.2 Å². The third kappa shape index (κ3) is 8.69. The van der Waals surface area contributed by atoms with Crippen LogP contribution in [0, 0.1) is 0 Å². The molecule has 0 radical (unpaired) electrons. The highest BCUT2D eigenvalue weighted by atomic mass is 16.6. The van der Waals surface area contributed by atoms with Gasteiger partial charge in [-0.3, -0.25) is 4.79 Å². The Balaban J connectivity index is 2.84. The summed E-state index contributed by atoms with van der Waals surface area (Å²) in [4.78, 5) is 36.7. The van der Waals surface area contributed by atoms with Crippen LogP contribution in [0.3, 0.4) is 0 Å². The number of ketones is 1. The number of carbonyl (C=O) groups excluding carboxylic acids is 3. The van der Waals surface area contributed by atoms with Crippen LogP contribution in [-0.4, -0.2) is 36.1 Å².